The molecule has 0 saturated carbocycles. The quantitative estimate of drug-likeness (QED) is 0.608. The molecule has 0 radical (unpaired) electrons. The molecule has 1 heterocycles. The summed E-state index contributed by atoms with van der Waals surface area (Å²) in [5, 5.41) is 15.3. The Labute approximate surface area is 157 Å². The Hall–Kier alpha value is -2.72. The third kappa shape index (κ3) is 5.39. The van der Waals surface area contributed by atoms with E-state index < -0.39 is 5.91 Å². The largest absolute Gasteiger partial charge is 0.450 e. The Morgan fingerprint density at radius 3 is 2.69 bits per heavy atom. The van der Waals surface area contributed by atoms with Crippen molar-refractivity contribution >= 4 is 29.3 Å². The Kier molecular flexibility index (Phi) is 7.30. The number of hydrogen-bond acceptors (Lipinski definition) is 5. The molecule has 138 valence electrons. The molecule has 1 saturated heterocycles. The first-order valence-corrected chi connectivity index (χ1v) is 8.76. The van der Waals surface area contributed by atoms with Gasteiger partial charge in [-0.3, -0.25) is 4.79 Å². The molecule has 2 amide bonds. The number of carbonyl (C=O) groups excluding carboxylic acids is 2. The fraction of sp³-hybridized carbons (Fsp3) is 0.389. The minimum atomic E-state index is -0.531. The number of likely N-dealkylation sites (tertiary alicyclic amines) is 1. The maximum atomic E-state index is 12.2. The lowest BCUT2D eigenvalue weighted by atomic mass is 10.1. The summed E-state index contributed by atoms with van der Waals surface area (Å²) in [6.07, 6.45) is 2.52. The number of benzene rings is 1. The van der Waals surface area contributed by atoms with Gasteiger partial charge in [0.1, 0.15) is 11.6 Å². The molecule has 2 N–H and O–H groups in total. The van der Waals surface area contributed by atoms with Crippen LogP contribution >= 0.6 is 11.6 Å². The summed E-state index contributed by atoms with van der Waals surface area (Å²) in [7, 11) is 0. The van der Waals surface area contributed by atoms with E-state index in [0.29, 0.717) is 43.2 Å². The zero-order valence-electron chi connectivity index (χ0n) is 14.5. The third-order valence-electron chi connectivity index (χ3n) is 3.97. The Bertz CT molecular complexity index is 721. The van der Waals surface area contributed by atoms with Crippen LogP contribution in [0.1, 0.15) is 19.8 Å². The van der Waals surface area contributed by atoms with Gasteiger partial charge in [0.25, 0.3) is 5.91 Å². The van der Waals surface area contributed by atoms with E-state index in [2.05, 4.69) is 10.6 Å². The summed E-state index contributed by atoms with van der Waals surface area (Å²) >= 11 is 6.00. The maximum absolute atomic E-state index is 12.2. The molecule has 1 fully saturated rings. The van der Waals surface area contributed by atoms with Gasteiger partial charge in [0, 0.05) is 25.3 Å². The number of amides is 2. The number of anilines is 1. The maximum Gasteiger partial charge on any atom is 0.409 e. The van der Waals surface area contributed by atoms with Crippen LogP contribution in [0.4, 0.5) is 10.5 Å². The Balaban J connectivity index is 1.88. The number of hydrogen-bond donors (Lipinski definition) is 2. The molecular formula is C18H21ClN4O3. The van der Waals surface area contributed by atoms with E-state index in [1.165, 1.54) is 6.20 Å². The molecular weight excluding hydrogens is 356 g/mol. The van der Waals surface area contributed by atoms with Gasteiger partial charge in [-0.05, 0) is 31.9 Å². The summed E-state index contributed by atoms with van der Waals surface area (Å²) in [4.78, 5) is 25.5. The minimum Gasteiger partial charge on any atom is -0.450 e. The van der Waals surface area contributed by atoms with Gasteiger partial charge in [-0.2, -0.15) is 5.26 Å². The Morgan fingerprint density at radius 2 is 2.08 bits per heavy atom. The average Bonchev–Trinajstić information content (AvgIpc) is 2.65. The summed E-state index contributed by atoms with van der Waals surface area (Å²) in [6, 6.07) is 8.78. The molecule has 0 aromatic heterocycles. The predicted octanol–water partition coefficient (Wildman–Crippen LogP) is 2.90. The molecule has 0 bridgehead atoms. The normalized spacial score (nSPS) is 15.1. The number of piperidine rings is 1. The number of rotatable bonds is 5. The van der Waals surface area contributed by atoms with Crippen molar-refractivity contribution in [3.63, 3.8) is 0 Å². The van der Waals surface area contributed by atoms with Crippen LogP contribution < -0.4 is 10.6 Å². The van der Waals surface area contributed by atoms with Gasteiger partial charge in [0.15, 0.2) is 0 Å². The fourth-order valence-corrected chi connectivity index (χ4v) is 2.73. The molecule has 0 unspecified atom stereocenters. The third-order valence-corrected chi connectivity index (χ3v) is 4.30. The molecule has 0 spiro atoms. The molecule has 26 heavy (non-hydrogen) atoms. The first-order chi connectivity index (χ1) is 12.5. The molecule has 1 aliphatic rings. The molecule has 1 aliphatic heterocycles. The van der Waals surface area contributed by atoms with Crippen molar-refractivity contribution in [2.24, 2.45) is 0 Å². The van der Waals surface area contributed by atoms with Gasteiger partial charge in [0.05, 0.1) is 17.3 Å². The van der Waals surface area contributed by atoms with Gasteiger partial charge in [-0.25, -0.2) is 4.79 Å². The lowest BCUT2D eigenvalue weighted by molar-refractivity contribution is -0.112. The Morgan fingerprint density at radius 1 is 1.38 bits per heavy atom. The van der Waals surface area contributed by atoms with Crippen molar-refractivity contribution in [1.29, 1.82) is 5.26 Å². The number of nitriles is 1. The standard InChI is InChI=1S/C18H21ClN4O3/c1-2-26-18(25)23-9-7-14(8-10-23)21-12-13(11-20)17(24)22-16-6-4-3-5-15(16)19/h3-6,12,14,21H,2,7-10H2,1H3,(H,22,24)/b13-12-. The second kappa shape index (κ2) is 9.68. The van der Waals surface area contributed by atoms with E-state index in [0.717, 1.165) is 0 Å². The summed E-state index contributed by atoms with van der Waals surface area (Å²) in [5.41, 5.74) is 0.404. The fourth-order valence-electron chi connectivity index (χ4n) is 2.55. The lowest BCUT2D eigenvalue weighted by Gasteiger charge is -2.31. The van der Waals surface area contributed by atoms with Crippen molar-refractivity contribution in [3.8, 4) is 6.07 Å². The van der Waals surface area contributed by atoms with E-state index in [4.69, 9.17) is 16.3 Å². The molecule has 8 heteroatoms. The van der Waals surface area contributed by atoms with Crippen LogP contribution in [-0.2, 0) is 9.53 Å². The van der Waals surface area contributed by atoms with E-state index in [-0.39, 0.29) is 17.7 Å². The zero-order chi connectivity index (χ0) is 18.9. The first kappa shape index (κ1) is 19.6. The number of nitrogens with zero attached hydrogens (tertiary/aromatic N) is 2. The van der Waals surface area contributed by atoms with Crippen LogP contribution in [-0.4, -0.2) is 42.6 Å². The second-order valence-corrected chi connectivity index (χ2v) is 6.14. The van der Waals surface area contributed by atoms with Gasteiger partial charge < -0.3 is 20.3 Å². The average molecular weight is 377 g/mol. The van der Waals surface area contributed by atoms with Crippen LogP contribution in [0.5, 0.6) is 0 Å². The highest BCUT2D eigenvalue weighted by atomic mass is 35.5. The van der Waals surface area contributed by atoms with E-state index >= 15 is 0 Å². The second-order valence-electron chi connectivity index (χ2n) is 5.73. The van der Waals surface area contributed by atoms with Gasteiger partial charge in [-0.1, -0.05) is 23.7 Å². The van der Waals surface area contributed by atoms with Crippen LogP contribution in [0.15, 0.2) is 36.0 Å². The molecule has 7 nitrogen and oxygen atoms in total. The number of ether oxygens (including phenoxy) is 1. The minimum absolute atomic E-state index is 0.0438. The van der Waals surface area contributed by atoms with Gasteiger partial charge in [0.2, 0.25) is 0 Å². The van der Waals surface area contributed by atoms with E-state index in [1.807, 2.05) is 6.07 Å². The number of nitrogens with one attached hydrogen (secondary N) is 2. The van der Waals surface area contributed by atoms with Crippen molar-refractivity contribution in [3.05, 3.63) is 41.1 Å². The number of carbonyl (C=O) groups is 2. The molecule has 1 aromatic rings. The van der Waals surface area contributed by atoms with Crippen molar-refractivity contribution in [2.75, 3.05) is 25.0 Å². The summed E-state index contributed by atoms with van der Waals surface area (Å²) < 4.78 is 4.98. The van der Waals surface area contributed by atoms with Gasteiger partial charge >= 0.3 is 6.09 Å². The molecule has 2 rings (SSSR count). The highest BCUT2D eigenvalue weighted by Gasteiger charge is 2.23. The van der Waals surface area contributed by atoms with Crippen molar-refractivity contribution < 1.29 is 14.3 Å². The SMILES string of the molecule is CCOC(=O)N1CCC(N/C=C(/C#N)C(=O)Nc2ccccc2Cl)CC1. The highest BCUT2D eigenvalue weighted by Crippen LogP contribution is 2.21. The van der Waals surface area contributed by atoms with Crippen LogP contribution in [0, 0.1) is 11.3 Å². The van der Waals surface area contributed by atoms with Crippen LogP contribution in [0.3, 0.4) is 0 Å². The highest BCUT2D eigenvalue weighted by molar-refractivity contribution is 6.33. The molecule has 0 atom stereocenters. The van der Waals surface area contributed by atoms with Crippen molar-refractivity contribution in [1.82, 2.24) is 10.2 Å². The van der Waals surface area contributed by atoms with Gasteiger partial charge in [-0.15, -0.1) is 0 Å². The number of halogens is 1. The lowest BCUT2D eigenvalue weighted by Crippen LogP contribution is -2.44. The molecule has 0 aliphatic carbocycles. The zero-order valence-corrected chi connectivity index (χ0v) is 15.3. The first-order valence-electron chi connectivity index (χ1n) is 8.39. The number of para-hydroxylation sites is 1. The van der Waals surface area contributed by atoms with Crippen LogP contribution in [0.25, 0.3) is 0 Å². The van der Waals surface area contributed by atoms with Crippen LogP contribution in [0.2, 0.25) is 5.02 Å². The van der Waals surface area contributed by atoms with Crippen molar-refractivity contribution in [2.45, 2.75) is 25.8 Å². The smallest absolute Gasteiger partial charge is 0.409 e. The van der Waals surface area contributed by atoms with E-state index in [1.54, 1.807) is 36.1 Å². The summed E-state index contributed by atoms with van der Waals surface area (Å²) in [5.74, 6) is -0.531. The monoisotopic (exact) mass is 376 g/mol. The topological polar surface area (TPSA) is 94.5 Å². The molecule has 1 aromatic carbocycles. The predicted molar refractivity (Wildman–Crippen MR) is 98.5 cm³/mol. The van der Waals surface area contributed by atoms with E-state index in [9.17, 15) is 14.9 Å². The summed E-state index contributed by atoms with van der Waals surface area (Å²) in [6.45, 7) is 3.26.